The molecule has 1 aliphatic rings. The quantitative estimate of drug-likeness (QED) is 0.908. The number of aliphatic carboxylic acids is 1. The highest BCUT2D eigenvalue weighted by atomic mass is 79.9. The Balaban J connectivity index is 2.31. The summed E-state index contributed by atoms with van der Waals surface area (Å²) < 4.78 is 19.4. The summed E-state index contributed by atoms with van der Waals surface area (Å²) in [5.74, 6) is -2.44. The van der Waals surface area contributed by atoms with Gasteiger partial charge in [0.1, 0.15) is 11.9 Å². The first-order valence-corrected chi connectivity index (χ1v) is 6.75. The number of ether oxygens (including phenoxy) is 1. The zero-order valence-corrected chi connectivity index (χ0v) is 12.3. The van der Waals surface area contributed by atoms with Gasteiger partial charge in [0.25, 0.3) is 5.91 Å². The van der Waals surface area contributed by atoms with Crippen molar-refractivity contribution in [1.82, 2.24) is 4.90 Å². The molecule has 1 N–H and O–H groups in total. The summed E-state index contributed by atoms with van der Waals surface area (Å²) in [6.07, 6.45) is -0.150. The molecule has 5 nitrogen and oxygen atoms in total. The number of nitrogens with zero attached hydrogens (tertiary/aromatic N) is 1. The van der Waals surface area contributed by atoms with Gasteiger partial charge in [0, 0.05) is 24.5 Å². The van der Waals surface area contributed by atoms with Gasteiger partial charge in [-0.15, -0.1) is 0 Å². The molecule has 2 rings (SSSR count). The molecule has 1 fully saturated rings. The van der Waals surface area contributed by atoms with E-state index < -0.39 is 23.7 Å². The minimum Gasteiger partial charge on any atom is -0.480 e. The zero-order chi connectivity index (χ0) is 14.9. The van der Waals surface area contributed by atoms with E-state index in [-0.39, 0.29) is 24.6 Å². The van der Waals surface area contributed by atoms with Crippen LogP contribution in [0.15, 0.2) is 22.7 Å². The minimum atomic E-state index is -1.12. The molecular weight excluding hydrogens is 333 g/mol. The van der Waals surface area contributed by atoms with E-state index in [0.29, 0.717) is 4.47 Å². The van der Waals surface area contributed by atoms with E-state index in [2.05, 4.69) is 15.9 Å². The monoisotopic (exact) mass is 345 g/mol. The number of rotatable bonds is 3. The van der Waals surface area contributed by atoms with Crippen LogP contribution in [0.1, 0.15) is 16.8 Å². The molecule has 0 saturated carbocycles. The summed E-state index contributed by atoms with van der Waals surface area (Å²) in [4.78, 5) is 24.7. The third-order valence-corrected chi connectivity index (χ3v) is 3.79. The Morgan fingerprint density at radius 1 is 1.50 bits per heavy atom. The smallest absolute Gasteiger partial charge is 0.326 e. The number of hydrogen-bond acceptors (Lipinski definition) is 3. The minimum absolute atomic E-state index is 0.137. The zero-order valence-electron chi connectivity index (χ0n) is 10.7. The third kappa shape index (κ3) is 2.83. The summed E-state index contributed by atoms with van der Waals surface area (Å²) in [5.41, 5.74) is -0.151. The van der Waals surface area contributed by atoms with Gasteiger partial charge in [-0.3, -0.25) is 4.79 Å². The van der Waals surface area contributed by atoms with Crippen molar-refractivity contribution in [3.05, 3.63) is 34.1 Å². The molecule has 1 aromatic rings. The van der Waals surface area contributed by atoms with Crippen molar-refractivity contribution in [2.24, 2.45) is 0 Å². The van der Waals surface area contributed by atoms with Crippen molar-refractivity contribution >= 4 is 27.8 Å². The predicted molar refractivity (Wildman–Crippen MR) is 72.0 cm³/mol. The highest BCUT2D eigenvalue weighted by Crippen LogP contribution is 2.25. The highest BCUT2D eigenvalue weighted by molar-refractivity contribution is 9.10. The summed E-state index contributed by atoms with van der Waals surface area (Å²) in [7, 11) is 1.46. The second-order valence-electron chi connectivity index (χ2n) is 4.53. The van der Waals surface area contributed by atoms with E-state index in [1.807, 2.05) is 0 Å². The normalized spacial score (nSPS) is 22.1. The van der Waals surface area contributed by atoms with E-state index >= 15 is 0 Å². The lowest BCUT2D eigenvalue weighted by atomic mass is 10.1. The molecule has 1 amide bonds. The lowest BCUT2D eigenvalue weighted by molar-refractivity contribution is -0.141. The second-order valence-corrected chi connectivity index (χ2v) is 5.44. The molecule has 0 spiro atoms. The first kappa shape index (κ1) is 14.9. The highest BCUT2D eigenvalue weighted by Gasteiger charge is 2.40. The number of carboxylic acids is 1. The van der Waals surface area contributed by atoms with Crippen molar-refractivity contribution in [3.8, 4) is 0 Å². The number of carbonyl (C=O) groups is 2. The van der Waals surface area contributed by atoms with Gasteiger partial charge in [-0.2, -0.15) is 0 Å². The largest absolute Gasteiger partial charge is 0.480 e. The molecule has 0 aliphatic carbocycles. The van der Waals surface area contributed by atoms with Gasteiger partial charge in [0.05, 0.1) is 11.7 Å². The van der Waals surface area contributed by atoms with Gasteiger partial charge >= 0.3 is 5.97 Å². The van der Waals surface area contributed by atoms with E-state index in [0.717, 1.165) is 11.0 Å². The molecule has 1 aliphatic heterocycles. The average Bonchev–Trinajstić information content (AvgIpc) is 2.85. The van der Waals surface area contributed by atoms with E-state index in [4.69, 9.17) is 9.84 Å². The van der Waals surface area contributed by atoms with Crippen LogP contribution in [0.4, 0.5) is 4.39 Å². The number of likely N-dealkylation sites (tertiary alicyclic amines) is 1. The summed E-state index contributed by atoms with van der Waals surface area (Å²) in [6.45, 7) is 0.137. The Morgan fingerprint density at radius 2 is 2.20 bits per heavy atom. The Labute approximate surface area is 123 Å². The van der Waals surface area contributed by atoms with Gasteiger partial charge in [-0.05, 0) is 18.2 Å². The first-order chi connectivity index (χ1) is 9.43. The molecule has 1 aromatic carbocycles. The Bertz CT molecular complexity index is 551. The number of halogens is 2. The van der Waals surface area contributed by atoms with Gasteiger partial charge in [0.2, 0.25) is 0 Å². The maximum absolute atomic E-state index is 13.7. The summed E-state index contributed by atoms with van der Waals surface area (Å²) >= 11 is 3.16. The Hall–Kier alpha value is -1.47. The van der Waals surface area contributed by atoms with E-state index in [9.17, 15) is 14.0 Å². The van der Waals surface area contributed by atoms with Crippen LogP contribution < -0.4 is 0 Å². The predicted octanol–water partition coefficient (Wildman–Crippen LogP) is 1.90. The molecule has 2 atom stereocenters. The van der Waals surface area contributed by atoms with Crippen LogP contribution >= 0.6 is 15.9 Å². The Kier molecular flexibility index (Phi) is 4.39. The van der Waals surface area contributed by atoms with Crippen LogP contribution in [0.3, 0.4) is 0 Å². The van der Waals surface area contributed by atoms with Crippen molar-refractivity contribution in [3.63, 3.8) is 0 Å². The van der Waals surface area contributed by atoms with Crippen LogP contribution in [0.25, 0.3) is 0 Å². The molecule has 0 radical (unpaired) electrons. The maximum Gasteiger partial charge on any atom is 0.326 e. The van der Waals surface area contributed by atoms with Crippen molar-refractivity contribution in [2.45, 2.75) is 18.6 Å². The number of benzene rings is 1. The molecule has 1 saturated heterocycles. The third-order valence-electron chi connectivity index (χ3n) is 3.30. The van der Waals surface area contributed by atoms with E-state index in [1.54, 1.807) is 0 Å². The first-order valence-electron chi connectivity index (χ1n) is 5.95. The summed E-state index contributed by atoms with van der Waals surface area (Å²) in [6, 6.07) is 2.99. The molecule has 1 heterocycles. The van der Waals surface area contributed by atoms with Gasteiger partial charge < -0.3 is 14.7 Å². The van der Waals surface area contributed by atoms with Crippen LogP contribution in [0.5, 0.6) is 0 Å². The number of amides is 1. The van der Waals surface area contributed by atoms with Crippen molar-refractivity contribution < 1.29 is 23.8 Å². The SMILES string of the molecule is COC1CC(C(=O)O)N(C(=O)c2cc(Br)ccc2F)C1. The maximum atomic E-state index is 13.7. The molecule has 7 heteroatoms. The molecular formula is C13H13BrFNO4. The standard InChI is InChI=1S/C13H13BrFNO4/c1-20-8-5-11(13(18)19)16(6-8)12(17)9-4-7(14)2-3-10(9)15/h2-4,8,11H,5-6H2,1H3,(H,18,19). The fourth-order valence-electron chi connectivity index (χ4n) is 2.24. The fraction of sp³-hybridized carbons (Fsp3) is 0.385. The number of carboxylic acid groups (broad SMARTS) is 1. The van der Waals surface area contributed by atoms with Crippen molar-refractivity contribution in [1.29, 1.82) is 0 Å². The van der Waals surface area contributed by atoms with Gasteiger partial charge in [-0.25, -0.2) is 9.18 Å². The molecule has 108 valence electrons. The van der Waals surface area contributed by atoms with Crippen LogP contribution in [0, 0.1) is 5.82 Å². The number of carbonyl (C=O) groups excluding carboxylic acids is 1. The molecule has 2 unspecified atom stereocenters. The average molecular weight is 346 g/mol. The van der Waals surface area contributed by atoms with Gasteiger partial charge in [0.15, 0.2) is 0 Å². The Morgan fingerprint density at radius 3 is 2.80 bits per heavy atom. The number of hydrogen-bond donors (Lipinski definition) is 1. The van der Waals surface area contributed by atoms with Crippen LogP contribution in [0.2, 0.25) is 0 Å². The van der Waals surface area contributed by atoms with Gasteiger partial charge in [-0.1, -0.05) is 15.9 Å². The number of methoxy groups -OCH3 is 1. The fourth-order valence-corrected chi connectivity index (χ4v) is 2.60. The molecule has 20 heavy (non-hydrogen) atoms. The van der Waals surface area contributed by atoms with Crippen LogP contribution in [-0.2, 0) is 9.53 Å². The molecule has 0 aromatic heterocycles. The lowest BCUT2D eigenvalue weighted by Crippen LogP contribution is -2.41. The van der Waals surface area contributed by atoms with E-state index in [1.165, 1.54) is 19.2 Å². The summed E-state index contributed by atoms with van der Waals surface area (Å²) in [5, 5.41) is 9.16. The molecule has 0 bridgehead atoms. The van der Waals surface area contributed by atoms with Crippen LogP contribution in [-0.4, -0.2) is 47.7 Å². The van der Waals surface area contributed by atoms with Crippen molar-refractivity contribution in [2.75, 3.05) is 13.7 Å². The topological polar surface area (TPSA) is 66.8 Å². The second kappa shape index (κ2) is 5.88. The lowest BCUT2D eigenvalue weighted by Gasteiger charge is -2.21.